The third-order valence-electron chi connectivity index (χ3n) is 4.31. The minimum absolute atomic E-state index is 0.214. The molecule has 0 saturated heterocycles. The van der Waals surface area contributed by atoms with Gasteiger partial charge in [0.25, 0.3) is 0 Å². The molecule has 2 aromatic carbocycles. The molecule has 1 N–H and O–H groups in total. The highest BCUT2D eigenvalue weighted by atomic mass is 32.1. The second-order valence-corrected chi connectivity index (χ2v) is 14.5. The van der Waals surface area contributed by atoms with Gasteiger partial charge >= 0.3 is 0 Å². The van der Waals surface area contributed by atoms with Gasteiger partial charge in [0.15, 0.2) is 5.01 Å². The molecule has 0 radical (unpaired) electrons. The fraction of sp³-hybridized carbons (Fsp3) is 0.125. The van der Waals surface area contributed by atoms with Crippen molar-refractivity contribution in [2.75, 3.05) is 5.32 Å². The first-order valence-corrected chi connectivity index (χ1v) is 15.0. The van der Waals surface area contributed by atoms with E-state index < -0.39 is 8.07 Å². The number of nitrogens with one attached hydrogen (secondary N) is 1. The van der Waals surface area contributed by atoms with E-state index >= 15 is 0 Å². The summed E-state index contributed by atoms with van der Waals surface area (Å²) < 4.78 is 1.18. The Morgan fingerprint density at radius 2 is 1.90 bits per heavy atom. The summed E-state index contributed by atoms with van der Waals surface area (Å²) in [5, 5.41) is 5.34. The molecule has 0 atom stereocenters. The number of anilines is 1. The van der Waals surface area contributed by atoms with Crippen LogP contribution in [-0.2, 0) is 4.79 Å². The van der Waals surface area contributed by atoms with Crippen LogP contribution in [0, 0.1) is 11.5 Å². The Morgan fingerprint density at radius 1 is 1.10 bits per heavy atom. The van der Waals surface area contributed by atoms with E-state index in [0.29, 0.717) is 5.82 Å². The van der Waals surface area contributed by atoms with Gasteiger partial charge < -0.3 is 5.32 Å². The van der Waals surface area contributed by atoms with Crippen molar-refractivity contribution in [1.82, 2.24) is 9.97 Å². The SMILES string of the molecule is C[Si](C)(C)C#Cc1nc(NC(=O)C=Cc2ccc(-c3cccc4ncsc34)cc2)cs1. The number of hydrogen-bond acceptors (Lipinski definition) is 5. The Labute approximate surface area is 190 Å². The first-order valence-electron chi connectivity index (χ1n) is 9.78. The lowest BCUT2D eigenvalue weighted by molar-refractivity contribution is -0.111. The van der Waals surface area contributed by atoms with Crippen molar-refractivity contribution >= 4 is 58.8 Å². The molecule has 4 aromatic rings. The van der Waals surface area contributed by atoms with E-state index in [0.717, 1.165) is 21.7 Å². The van der Waals surface area contributed by atoms with Crippen LogP contribution in [0.25, 0.3) is 27.4 Å². The van der Waals surface area contributed by atoms with Crippen molar-refractivity contribution in [2.45, 2.75) is 19.6 Å². The maximum absolute atomic E-state index is 12.2. The lowest BCUT2D eigenvalue weighted by atomic mass is 10.0. The fourth-order valence-electron chi connectivity index (χ4n) is 2.86. The predicted octanol–water partition coefficient (Wildman–Crippen LogP) is 6.30. The van der Waals surface area contributed by atoms with Gasteiger partial charge in [0.1, 0.15) is 13.9 Å². The van der Waals surface area contributed by atoms with Gasteiger partial charge in [0.2, 0.25) is 5.91 Å². The molecule has 0 spiro atoms. The van der Waals surface area contributed by atoms with Crippen LogP contribution in [0.4, 0.5) is 5.82 Å². The monoisotopic (exact) mass is 459 g/mol. The van der Waals surface area contributed by atoms with Gasteiger partial charge in [-0.2, -0.15) is 0 Å². The molecule has 0 aliphatic carbocycles. The zero-order valence-electron chi connectivity index (χ0n) is 17.5. The molecule has 0 unspecified atom stereocenters. The standard InChI is InChI=1S/C24H21N3OS2Si/c1-31(2,3)14-13-23-27-21(15-29-23)26-22(28)12-9-17-7-10-18(11-8-17)19-5-4-6-20-24(19)30-16-25-20/h4-12,15-16H,1-3H3,(H,26,28). The molecule has 154 valence electrons. The average molecular weight is 460 g/mol. The number of thiazole rings is 2. The van der Waals surface area contributed by atoms with Gasteiger partial charge in [-0.05, 0) is 29.2 Å². The molecule has 2 aromatic heterocycles. The Morgan fingerprint density at radius 3 is 2.68 bits per heavy atom. The van der Waals surface area contributed by atoms with Crippen molar-refractivity contribution < 1.29 is 4.79 Å². The molecular weight excluding hydrogens is 439 g/mol. The third-order valence-corrected chi connectivity index (χ3v) is 6.81. The summed E-state index contributed by atoms with van der Waals surface area (Å²) in [6.07, 6.45) is 3.32. The molecule has 0 aliphatic rings. The van der Waals surface area contributed by atoms with Crippen molar-refractivity contribution in [2.24, 2.45) is 0 Å². The van der Waals surface area contributed by atoms with Crippen LogP contribution < -0.4 is 5.32 Å². The first kappa shape index (κ1) is 21.2. The maximum Gasteiger partial charge on any atom is 0.249 e. The molecule has 0 aliphatic heterocycles. The third kappa shape index (κ3) is 5.55. The van der Waals surface area contributed by atoms with Crippen molar-refractivity contribution in [3.05, 3.63) is 70.0 Å². The molecule has 4 nitrogen and oxygen atoms in total. The lowest BCUT2D eigenvalue weighted by Crippen LogP contribution is -2.16. The summed E-state index contributed by atoms with van der Waals surface area (Å²) in [5.74, 6) is 3.43. The smallest absolute Gasteiger partial charge is 0.249 e. The number of fused-ring (bicyclic) bond motifs is 1. The normalized spacial score (nSPS) is 11.5. The largest absolute Gasteiger partial charge is 0.306 e. The molecule has 0 fully saturated rings. The number of hydrogen-bond donors (Lipinski definition) is 1. The summed E-state index contributed by atoms with van der Waals surface area (Å²) in [6.45, 7) is 6.56. The van der Waals surface area contributed by atoms with E-state index in [4.69, 9.17) is 0 Å². The zero-order chi connectivity index (χ0) is 21.8. The number of amides is 1. The minimum Gasteiger partial charge on any atom is -0.306 e. The van der Waals surface area contributed by atoms with Gasteiger partial charge in [-0.15, -0.1) is 28.2 Å². The number of aromatic nitrogens is 2. The Bertz CT molecular complexity index is 1320. The van der Waals surface area contributed by atoms with Crippen LogP contribution in [-0.4, -0.2) is 23.9 Å². The van der Waals surface area contributed by atoms with E-state index in [-0.39, 0.29) is 5.91 Å². The molecule has 0 bridgehead atoms. The van der Waals surface area contributed by atoms with Crippen molar-refractivity contribution in [3.8, 4) is 22.6 Å². The summed E-state index contributed by atoms with van der Waals surface area (Å²) in [6, 6.07) is 14.3. The van der Waals surface area contributed by atoms with Crippen LogP contribution in [0.5, 0.6) is 0 Å². The summed E-state index contributed by atoms with van der Waals surface area (Å²) in [4.78, 5) is 21.0. The number of carbonyl (C=O) groups is 1. The van der Waals surface area contributed by atoms with Crippen LogP contribution in [0.3, 0.4) is 0 Å². The lowest BCUT2D eigenvalue weighted by Gasteiger charge is -2.03. The van der Waals surface area contributed by atoms with Crippen molar-refractivity contribution in [3.63, 3.8) is 0 Å². The van der Waals surface area contributed by atoms with Crippen LogP contribution in [0.1, 0.15) is 10.6 Å². The van der Waals surface area contributed by atoms with Crippen molar-refractivity contribution in [1.29, 1.82) is 0 Å². The molecular formula is C24H21N3OS2Si. The summed E-state index contributed by atoms with van der Waals surface area (Å²) in [5.41, 5.74) is 9.42. The summed E-state index contributed by atoms with van der Waals surface area (Å²) in [7, 11) is -1.44. The molecule has 7 heteroatoms. The Hall–Kier alpha value is -3.05. The number of benzene rings is 2. The van der Waals surface area contributed by atoms with Gasteiger partial charge in [-0.1, -0.05) is 56.0 Å². The summed E-state index contributed by atoms with van der Waals surface area (Å²) >= 11 is 3.09. The second kappa shape index (κ2) is 8.98. The number of rotatable bonds is 4. The fourth-order valence-corrected chi connectivity index (χ4v) is 4.86. The van der Waals surface area contributed by atoms with Gasteiger partial charge in [-0.3, -0.25) is 4.79 Å². The average Bonchev–Trinajstić information content (AvgIpc) is 3.40. The quantitative estimate of drug-likeness (QED) is 0.221. The topological polar surface area (TPSA) is 54.9 Å². The van der Waals surface area contributed by atoms with Crippen LogP contribution in [0.15, 0.2) is 59.4 Å². The Balaban J connectivity index is 1.41. The van der Waals surface area contributed by atoms with E-state index in [9.17, 15) is 4.79 Å². The molecule has 1 amide bonds. The van der Waals surface area contributed by atoms with E-state index in [1.807, 2.05) is 35.2 Å². The molecule has 0 saturated carbocycles. The number of nitrogens with zero attached hydrogens (tertiary/aromatic N) is 2. The minimum atomic E-state index is -1.44. The van der Waals surface area contributed by atoms with E-state index in [2.05, 4.69) is 64.6 Å². The highest BCUT2D eigenvalue weighted by molar-refractivity contribution is 7.17. The van der Waals surface area contributed by atoms with E-state index in [1.54, 1.807) is 17.4 Å². The predicted molar refractivity (Wildman–Crippen MR) is 135 cm³/mol. The van der Waals surface area contributed by atoms with Gasteiger partial charge in [-0.25, -0.2) is 9.97 Å². The zero-order valence-corrected chi connectivity index (χ0v) is 20.1. The van der Waals surface area contributed by atoms with Gasteiger partial charge in [0.05, 0.1) is 15.7 Å². The molecule has 4 rings (SSSR count). The van der Waals surface area contributed by atoms with Crippen LogP contribution in [0.2, 0.25) is 19.6 Å². The second-order valence-electron chi connectivity index (χ2n) is 7.99. The van der Waals surface area contributed by atoms with Crippen LogP contribution >= 0.6 is 22.7 Å². The molecule has 31 heavy (non-hydrogen) atoms. The first-order chi connectivity index (χ1) is 14.9. The maximum atomic E-state index is 12.2. The number of carbonyl (C=O) groups excluding carboxylic acids is 1. The molecule has 2 heterocycles. The van der Waals surface area contributed by atoms with E-state index in [1.165, 1.54) is 27.7 Å². The van der Waals surface area contributed by atoms with Gasteiger partial charge in [0, 0.05) is 17.0 Å². The highest BCUT2D eigenvalue weighted by Crippen LogP contribution is 2.31. The highest BCUT2D eigenvalue weighted by Gasteiger charge is 2.09. The Kier molecular flexibility index (Phi) is 6.14.